The highest BCUT2D eigenvalue weighted by molar-refractivity contribution is 8.01. The standard InChI is InChI=1S/C15H14N2O2S2/c18-12(9-20-15-17-16-10-21-15)8-19-14-7-3-5-11-4-1-2-6-13(11)14/h1-7,10,12,18H,8-9H2/t12-/m0/s1. The second-order valence-corrected chi connectivity index (χ2v) is 6.56. The van der Waals surface area contributed by atoms with Crippen molar-refractivity contribution in [1.29, 1.82) is 0 Å². The normalized spacial score (nSPS) is 12.4. The van der Waals surface area contributed by atoms with Crippen LogP contribution in [0.5, 0.6) is 5.75 Å². The van der Waals surface area contributed by atoms with E-state index in [-0.39, 0.29) is 6.61 Å². The Hall–Kier alpha value is -1.63. The van der Waals surface area contributed by atoms with Gasteiger partial charge in [0.2, 0.25) is 0 Å². The Labute approximate surface area is 130 Å². The van der Waals surface area contributed by atoms with Crippen LogP contribution in [0.1, 0.15) is 0 Å². The third-order valence-electron chi connectivity index (χ3n) is 2.92. The van der Waals surface area contributed by atoms with Crippen molar-refractivity contribution in [2.75, 3.05) is 12.4 Å². The summed E-state index contributed by atoms with van der Waals surface area (Å²) in [6.45, 7) is 0.264. The molecule has 0 bridgehead atoms. The molecule has 1 heterocycles. The van der Waals surface area contributed by atoms with Gasteiger partial charge in [0, 0.05) is 11.1 Å². The van der Waals surface area contributed by atoms with E-state index in [4.69, 9.17) is 4.74 Å². The fourth-order valence-electron chi connectivity index (χ4n) is 1.95. The quantitative estimate of drug-likeness (QED) is 0.707. The fraction of sp³-hybridized carbons (Fsp3) is 0.200. The minimum atomic E-state index is -0.544. The number of thioether (sulfide) groups is 1. The molecule has 0 aliphatic heterocycles. The first-order valence-corrected chi connectivity index (χ1v) is 8.37. The lowest BCUT2D eigenvalue weighted by Gasteiger charge is -2.13. The van der Waals surface area contributed by atoms with Gasteiger partial charge < -0.3 is 9.84 Å². The molecule has 0 saturated heterocycles. The number of fused-ring (bicyclic) bond motifs is 1. The van der Waals surface area contributed by atoms with Gasteiger partial charge in [-0.05, 0) is 11.5 Å². The minimum absolute atomic E-state index is 0.264. The van der Waals surface area contributed by atoms with Crippen molar-refractivity contribution in [2.24, 2.45) is 0 Å². The van der Waals surface area contributed by atoms with Gasteiger partial charge in [0.25, 0.3) is 0 Å². The largest absolute Gasteiger partial charge is 0.490 e. The molecule has 1 N–H and O–H groups in total. The number of hydrogen-bond donors (Lipinski definition) is 1. The molecule has 1 atom stereocenters. The Kier molecular flexibility index (Phi) is 4.69. The summed E-state index contributed by atoms with van der Waals surface area (Å²) >= 11 is 2.96. The number of aliphatic hydroxyl groups excluding tert-OH is 1. The summed E-state index contributed by atoms with van der Waals surface area (Å²) in [5, 5.41) is 19.9. The van der Waals surface area contributed by atoms with Crippen LogP contribution in [-0.2, 0) is 0 Å². The summed E-state index contributed by atoms with van der Waals surface area (Å²) < 4.78 is 6.62. The van der Waals surface area contributed by atoms with Gasteiger partial charge >= 0.3 is 0 Å². The summed E-state index contributed by atoms with van der Waals surface area (Å²) in [5.41, 5.74) is 1.68. The maximum atomic E-state index is 9.99. The SMILES string of the molecule is O[C@@H](COc1cccc2ccccc12)CSc1nncs1. The number of rotatable bonds is 6. The third-order valence-corrected chi connectivity index (χ3v) is 4.93. The topological polar surface area (TPSA) is 55.2 Å². The molecule has 108 valence electrons. The summed E-state index contributed by atoms with van der Waals surface area (Å²) in [6.07, 6.45) is -0.544. The van der Waals surface area contributed by atoms with E-state index in [0.29, 0.717) is 5.75 Å². The second-order valence-electron chi connectivity index (χ2n) is 4.46. The molecule has 3 rings (SSSR count). The van der Waals surface area contributed by atoms with Crippen LogP contribution in [0, 0.1) is 0 Å². The molecule has 6 heteroatoms. The van der Waals surface area contributed by atoms with Crippen LogP contribution in [-0.4, -0.2) is 33.8 Å². The number of nitrogens with zero attached hydrogens (tertiary/aromatic N) is 2. The lowest BCUT2D eigenvalue weighted by molar-refractivity contribution is 0.127. The van der Waals surface area contributed by atoms with Gasteiger partial charge in [-0.25, -0.2) is 0 Å². The summed E-state index contributed by atoms with van der Waals surface area (Å²) in [7, 11) is 0. The van der Waals surface area contributed by atoms with E-state index in [1.807, 2.05) is 42.5 Å². The lowest BCUT2D eigenvalue weighted by Crippen LogP contribution is -2.20. The predicted octanol–water partition coefficient (Wildman–Crippen LogP) is 3.22. The number of ether oxygens (including phenoxy) is 1. The Morgan fingerprint density at radius 1 is 1.19 bits per heavy atom. The summed E-state index contributed by atoms with van der Waals surface area (Å²) in [5.74, 6) is 1.34. The zero-order chi connectivity index (χ0) is 14.5. The molecule has 0 radical (unpaired) electrons. The molecule has 0 unspecified atom stereocenters. The highest BCUT2D eigenvalue weighted by Crippen LogP contribution is 2.25. The Morgan fingerprint density at radius 3 is 2.90 bits per heavy atom. The molecule has 2 aromatic carbocycles. The molecule has 4 nitrogen and oxygen atoms in total. The van der Waals surface area contributed by atoms with Crippen LogP contribution in [0.25, 0.3) is 10.8 Å². The predicted molar refractivity (Wildman–Crippen MR) is 86.1 cm³/mol. The molecule has 1 aromatic heterocycles. The maximum absolute atomic E-state index is 9.99. The Balaban J connectivity index is 1.58. The lowest BCUT2D eigenvalue weighted by atomic mass is 10.1. The van der Waals surface area contributed by atoms with E-state index in [0.717, 1.165) is 20.9 Å². The average molecular weight is 318 g/mol. The molecule has 0 saturated carbocycles. The van der Waals surface area contributed by atoms with Crippen molar-refractivity contribution < 1.29 is 9.84 Å². The van der Waals surface area contributed by atoms with Gasteiger partial charge in [-0.15, -0.1) is 10.2 Å². The number of hydrogen-bond acceptors (Lipinski definition) is 6. The first kappa shape index (κ1) is 14.3. The van der Waals surface area contributed by atoms with E-state index in [2.05, 4.69) is 10.2 Å². The zero-order valence-electron chi connectivity index (χ0n) is 11.2. The van der Waals surface area contributed by atoms with Crippen LogP contribution in [0.4, 0.5) is 0 Å². The van der Waals surface area contributed by atoms with E-state index in [1.54, 1.807) is 5.51 Å². The first-order valence-electron chi connectivity index (χ1n) is 6.50. The first-order chi connectivity index (χ1) is 10.3. The highest BCUT2D eigenvalue weighted by atomic mass is 32.2. The van der Waals surface area contributed by atoms with Crippen LogP contribution < -0.4 is 4.74 Å². The van der Waals surface area contributed by atoms with Gasteiger partial charge in [-0.3, -0.25) is 0 Å². The molecular formula is C15H14N2O2S2. The van der Waals surface area contributed by atoms with Gasteiger partial charge in [0.1, 0.15) is 17.9 Å². The smallest absolute Gasteiger partial charge is 0.174 e. The Bertz CT molecular complexity index is 698. The van der Waals surface area contributed by atoms with Crippen molar-refractivity contribution in [2.45, 2.75) is 10.4 Å². The second kappa shape index (κ2) is 6.89. The van der Waals surface area contributed by atoms with Crippen molar-refractivity contribution in [3.63, 3.8) is 0 Å². The average Bonchev–Trinajstić information content (AvgIpc) is 3.04. The molecule has 0 fully saturated rings. The van der Waals surface area contributed by atoms with Crippen LogP contribution in [0.15, 0.2) is 52.3 Å². The van der Waals surface area contributed by atoms with Crippen LogP contribution in [0.2, 0.25) is 0 Å². The van der Waals surface area contributed by atoms with E-state index >= 15 is 0 Å². The van der Waals surface area contributed by atoms with Gasteiger partial charge in [0.05, 0.1) is 6.10 Å². The van der Waals surface area contributed by atoms with Crippen molar-refractivity contribution in [3.8, 4) is 5.75 Å². The Morgan fingerprint density at radius 2 is 2.05 bits per heavy atom. The number of aromatic nitrogens is 2. The molecule has 0 amide bonds. The maximum Gasteiger partial charge on any atom is 0.174 e. The summed E-state index contributed by atoms with van der Waals surface area (Å²) in [6, 6.07) is 14.0. The van der Waals surface area contributed by atoms with E-state index in [1.165, 1.54) is 23.1 Å². The number of aliphatic hydroxyl groups is 1. The molecular weight excluding hydrogens is 304 g/mol. The van der Waals surface area contributed by atoms with Crippen molar-refractivity contribution >= 4 is 33.9 Å². The fourth-order valence-corrected chi connectivity index (χ4v) is 3.37. The van der Waals surface area contributed by atoms with E-state index < -0.39 is 6.10 Å². The minimum Gasteiger partial charge on any atom is -0.490 e. The van der Waals surface area contributed by atoms with Crippen LogP contribution >= 0.6 is 23.1 Å². The molecule has 0 aliphatic carbocycles. The highest BCUT2D eigenvalue weighted by Gasteiger charge is 2.09. The zero-order valence-corrected chi connectivity index (χ0v) is 12.8. The van der Waals surface area contributed by atoms with Crippen molar-refractivity contribution in [3.05, 3.63) is 48.0 Å². The molecule has 3 aromatic rings. The monoisotopic (exact) mass is 318 g/mol. The third kappa shape index (κ3) is 3.72. The van der Waals surface area contributed by atoms with Crippen molar-refractivity contribution in [1.82, 2.24) is 10.2 Å². The van der Waals surface area contributed by atoms with Gasteiger partial charge in [0.15, 0.2) is 4.34 Å². The van der Waals surface area contributed by atoms with Gasteiger partial charge in [-0.1, -0.05) is 59.5 Å². The van der Waals surface area contributed by atoms with E-state index in [9.17, 15) is 5.11 Å². The van der Waals surface area contributed by atoms with Crippen LogP contribution in [0.3, 0.4) is 0 Å². The summed E-state index contributed by atoms with van der Waals surface area (Å²) in [4.78, 5) is 0. The molecule has 0 spiro atoms. The molecule has 0 aliphatic rings. The van der Waals surface area contributed by atoms with Gasteiger partial charge in [-0.2, -0.15) is 0 Å². The number of benzene rings is 2. The molecule has 21 heavy (non-hydrogen) atoms.